The highest BCUT2D eigenvalue weighted by molar-refractivity contribution is 5.99. The van der Waals surface area contributed by atoms with Gasteiger partial charge in [0.1, 0.15) is 5.82 Å². The van der Waals surface area contributed by atoms with Crippen molar-refractivity contribution in [3.8, 4) is 0 Å². The Morgan fingerprint density at radius 1 is 1.00 bits per heavy atom. The Hall–Kier alpha value is -2.67. The lowest BCUT2D eigenvalue weighted by Gasteiger charge is -2.10. The third-order valence-corrected chi connectivity index (χ3v) is 2.80. The first-order valence-corrected chi connectivity index (χ1v) is 6.99. The summed E-state index contributed by atoms with van der Waals surface area (Å²) in [5.41, 5.74) is 0.718. The zero-order valence-corrected chi connectivity index (χ0v) is 12.7. The summed E-state index contributed by atoms with van der Waals surface area (Å²) >= 11 is 0. The Balaban J connectivity index is 1.82. The minimum absolute atomic E-state index is 0.353. The van der Waals surface area contributed by atoms with Crippen LogP contribution in [0.2, 0.25) is 0 Å². The Morgan fingerprint density at radius 3 is 2.32 bits per heavy atom. The van der Waals surface area contributed by atoms with E-state index in [4.69, 9.17) is 0 Å². The zero-order chi connectivity index (χ0) is 15.8. The summed E-state index contributed by atoms with van der Waals surface area (Å²) in [6, 6.07) is 12.3. The first kappa shape index (κ1) is 15.7. The molecule has 0 unspecified atom stereocenters. The second-order valence-electron chi connectivity index (χ2n) is 4.98. The fourth-order valence-corrected chi connectivity index (χ4v) is 1.70. The van der Waals surface area contributed by atoms with Crippen LogP contribution in [0.5, 0.6) is 0 Å². The lowest BCUT2D eigenvalue weighted by Crippen LogP contribution is -2.22. The van der Waals surface area contributed by atoms with E-state index in [2.05, 4.69) is 31.0 Å². The highest BCUT2D eigenvalue weighted by Crippen LogP contribution is 2.08. The number of hydrogen-bond donors (Lipinski definition) is 3. The predicted molar refractivity (Wildman–Crippen MR) is 88.2 cm³/mol. The number of likely N-dealkylation sites (N-methyl/N-ethyl adjacent to an activating group) is 1. The van der Waals surface area contributed by atoms with Gasteiger partial charge in [0.05, 0.1) is 0 Å². The van der Waals surface area contributed by atoms with Crippen molar-refractivity contribution in [3.63, 3.8) is 0 Å². The van der Waals surface area contributed by atoms with Crippen LogP contribution in [-0.4, -0.2) is 48.3 Å². The van der Waals surface area contributed by atoms with E-state index in [9.17, 15) is 4.79 Å². The van der Waals surface area contributed by atoms with Crippen molar-refractivity contribution in [2.24, 2.45) is 0 Å². The van der Waals surface area contributed by atoms with Crippen LogP contribution < -0.4 is 16.0 Å². The molecule has 2 rings (SSSR count). The normalized spacial score (nSPS) is 10.3. The number of rotatable bonds is 6. The number of carbonyl (C=O) groups excluding carboxylic acids is 1. The molecular weight excluding hydrogens is 280 g/mol. The maximum atomic E-state index is 11.8. The van der Waals surface area contributed by atoms with Gasteiger partial charge in [0.2, 0.25) is 0 Å². The molecule has 0 atom stereocenters. The molecule has 1 aromatic carbocycles. The molecule has 3 N–H and O–H groups in total. The average molecular weight is 300 g/mol. The number of aromatic nitrogens is 2. The molecule has 116 valence electrons. The maximum absolute atomic E-state index is 11.8. The molecule has 0 aliphatic rings. The fraction of sp³-hybridized carbons (Fsp3) is 0.267. The highest BCUT2D eigenvalue weighted by Gasteiger charge is 2.04. The number of anilines is 3. The lowest BCUT2D eigenvalue weighted by molar-refractivity contribution is 0.262. The van der Waals surface area contributed by atoms with Crippen LogP contribution in [0.3, 0.4) is 0 Å². The Morgan fingerprint density at radius 2 is 1.68 bits per heavy atom. The number of para-hydroxylation sites is 1. The molecule has 0 bridgehead atoms. The molecule has 0 saturated heterocycles. The van der Waals surface area contributed by atoms with Crippen molar-refractivity contribution in [3.05, 3.63) is 42.5 Å². The summed E-state index contributed by atoms with van der Waals surface area (Å²) in [7, 11) is 4.01. The second-order valence-corrected chi connectivity index (χ2v) is 4.98. The number of nitrogens with one attached hydrogen (secondary N) is 3. The van der Waals surface area contributed by atoms with Gasteiger partial charge in [0.25, 0.3) is 0 Å². The van der Waals surface area contributed by atoms with Gasteiger partial charge in [-0.05, 0) is 38.4 Å². The average Bonchev–Trinajstić information content (AvgIpc) is 2.49. The van der Waals surface area contributed by atoms with Crippen LogP contribution in [0.15, 0.2) is 42.5 Å². The Kier molecular flexibility index (Phi) is 5.67. The van der Waals surface area contributed by atoms with Crippen molar-refractivity contribution >= 4 is 23.4 Å². The smallest absolute Gasteiger partial charge is 0.324 e. The van der Waals surface area contributed by atoms with Crippen LogP contribution in [0.4, 0.5) is 22.1 Å². The zero-order valence-electron chi connectivity index (χ0n) is 12.7. The van der Waals surface area contributed by atoms with Crippen LogP contribution in [0.25, 0.3) is 0 Å². The van der Waals surface area contributed by atoms with Gasteiger partial charge < -0.3 is 15.5 Å². The number of nitrogens with zero attached hydrogens (tertiary/aromatic N) is 3. The molecule has 0 fully saturated rings. The summed E-state index contributed by atoms with van der Waals surface area (Å²) in [6.45, 7) is 1.68. The van der Waals surface area contributed by atoms with Gasteiger partial charge in [-0.1, -0.05) is 18.2 Å². The molecular formula is C15H20N6O. The van der Waals surface area contributed by atoms with Gasteiger partial charge in [-0.25, -0.2) is 4.79 Å². The van der Waals surface area contributed by atoms with E-state index >= 15 is 0 Å². The molecule has 0 radical (unpaired) electrons. The van der Waals surface area contributed by atoms with Gasteiger partial charge in [-0.3, -0.25) is 5.32 Å². The Labute approximate surface area is 129 Å². The van der Waals surface area contributed by atoms with E-state index in [-0.39, 0.29) is 6.03 Å². The van der Waals surface area contributed by atoms with E-state index in [1.807, 2.05) is 44.4 Å². The number of carbonyl (C=O) groups is 1. The fourth-order valence-electron chi connectivity index (χ4n) is 1.70. The molecule has 2 aromatic rings. The van der Waals surface area contributed by atoms with Gasteiger partial charge in [-0.2, -0.15) is 0 Å². The SMILES string of the molecule is CN(C)CCNc1ccc(NC(=O)Nc2ccccc2)nn1. The molecule has 0 saturated carbocycles. The summed E-state index contributed by atoms with van der Waals surface area (Å²) < 4.78 is 0. The summed E-state index contributed by atoms with van der Waals surface area (Å²) in [4.78, 5) is 13.9. The van der Waals surface area contributed by atoms with Crippen LogP contribution in [-0.2, 0) is 0 Å². The molecule has 7 nitrogen and oxygen atoms in total. The largest absolute Gasteiger partial charge is 0.367 e. The molecule has 22 heavy (non-hydrogen) atoms. The molecule has 0 aliphatic heterocycles. The standard InChI is InChI=1S/C15H20N6O/c1-21(2)11-10-16-13-8-9-14(20-19-13)18-15(22)17-12-6-4-3-5-7-12/h3-9H,10-11H2,1-2H3,(H,16,19)(H2,17,18,20,22). The summed E-state index contributed by atoms with van der Waals surface area (Å²) in [6.07, 6.45) is 0. The van der Waals surface area contributed by atoms with E-state index in [1.54, 1.807) is 12.1 Å². The monoisotopic (exact) mass is 300 g/mol. The lowest BCUT2D eigenvalue weighted by atomic mass is 10.3. The van der Waals surface area contributed by atoms with E-state index in [0.29, 0.717) is 11.6 Å². The molecule has 1 aromatic heterocycles. The van der Waals surface area contributed by atoms with Crippen LogP contribution >= 0.6 is 0 Å². The topological polar surface area (TPSA) is 82.2 Å². The first-order valence-electron chi connectivity index (χ1n) is 6.99. The van der Waals surface area contributed by atoms with Crippen LogP contribution in [0.1, 0.15) is 0 Å². The minimum Gasteiger partial charge on any atom is -0.367 e. The van der Waals surface area contributed by atoms with Crippen molar-refractivity contribution in [1.82, 2.24) is 15.1 Å². The second kappa shape index (κ2) is 7.94. The highest BCUT2D eigenvalue weighted by atomic mass is 16.2. The Bertz CT molecular complexity index is 585. The quantitative estimate of drug-likeness (QED) is 0.761. The van der Waals surface area contributed by atoms with Crippen molar-refractivity contribution < 1.29 is 4.79 Å². The third-order valence-electron chi connectivity index (χ3n) is 2.80. The van der Waals surface area contributed by atoms with Crippen molar-refractivity contribution in [2.45, 2.75) is 0 Å². The molecule has 2 amide bonds. The molecule has 1 heterocycles. The molecule has 0 aliphatic carbocycles. The summed E-state index contributed by atoms with van der Waals surface area (Å²) in [5, 5.41) is 16.5. The first-order chi connectivity index (χ1) is 10.6. The number of urea groups is 1. The van der Waals surface area contributed by atoms with Gasteiger partial charge in [-0.15, -0.1) is 10.2 Å². The van der Waals surface area contributed by atoms with Crippen molar-refractivity contribution in [2.75, 3.05) is 43.1 Å². The number of amides is 2. The summed E-state index contributed by atoms with van der Waals surface area (Å²) in [5.74, 6) is 1.07. The van der Waals surface area contributed by atoms with E-state index < -0.39 is 0 Å². The molecule has 7 heteroatoms. The minimum atomic E-state index is -0.353. The maximum Gasteiger partial charge on any atom is 0.324 e. The van der Waals surface area contributed by atoms with E-state index in [0.717, 1.165) is 18.8 Å². The van der Waals surface area contributed by atoms with Gasteiger partial charge in [0.15, 0.2) is 5.82 Å². The van der Waals surface area contributed by atoms with Crippen LogP contribution in [0, 0.1) is 0 Å². The number of hydrogen-bond acceptors (Lipinski definition) is 5. The number of benzene rings is 1. The predicted octanol–water partition coefficient (Wildman–Crippen LogP) is 2.09. The molecule has 0 spiro atoms. The van der Waals surface area contributed by atoms with Crippen molar-refractivity contribution in [1.29, 1.82) is 0 Å². The van der Waals surface area contributed by atoms with Gasteiger partial charge >= 0.3 is 6.03 Å². The third kappa shape index (κ3) is 5.37. The van der Waals surface area contributed by atoms with E-state index in [1.165, 1.54) is 0 Å². The van der Waals surface area contributed by atoms with Gasteiger partial charge in [0, 0.05) is 18.8 Å².